The number of sulfonamides is 1. The van der Waals surface area contributed by atoms with E-state index in [2.05, 4.69) is 21.6 Å². The first-order chi connectivity index (χ1) is 19.2. The van der Waals surface area contributed by atoms with Crippen molar-refractivity contribution in [1.82, 2.24) is 4.72 Å². The summed E-state index contributed by atoms with van der Waals surface area (Å²) in [5.74, 6) is -0.382. The molecule has 2 atom stereocenters. The highest BCUT2D eigenvalue weighted by Gasteiger charge is 2.45. The van der Waals surface area contributed by atoms with Crippen LogP contribution in [0.25, 0.3) is 0 Å². The summed E-state index contributed by atoms with van der Waals surface area (Å²) >= 11 is 0. The number of carbonyl (C=O) groups excluding carboxylic acids is 1. The van der Waals surface area contributed by atoms with E-state index < -0.39 is 39.9 Å². The van der Waals surface area contributed by atoms with Crippen LogP contribution in [0.4, 0.5) is 13.2 Å². The third-order valence-corrected chi connectivity index (χ3v) is 8.39. The first-order valence-corrected chi connectivity index (χ1v) is 14.7. The van der Waals surface area contributed by atoms with Crippen molar-refractivity contribution in [3.63, 3.8) is 0 Å². The van der Waals surface area contributed by atoms with Gasteiger partial charge in [0.1, 0.15) is 23.2 Å². The van der Waals surface area contributed by atoms with Crippen molar-refractivity contribution in [1.29, 1.82) is 0 Å². The minimum absolute atomic E-state index is 0.117. The van der Waals surface area contributed by atoms with Crippen molar-refractivity contribution in [3.8, 4) is 11.5 Å². The van der Waals surface area contributed by atoms with E-state index in [1.54, 1.807) is 26.0 Å². The van der Waals surface area contributed by atoms with Gasteiger partial charge in [-0.25, -0.2) is 13.1 Å². The van der Waals surface area contributed by atoms with Crippen LogP contribution in [-0.2, 0) is 16.4 Å². The van der Waals surface area contributed by atoms with Gasteiger partial charge in [0.15, 0.2) is 5.78 Å². The third kappa shape index (κ3) is 7.87. The minimum atomic E-state index is -4.92. The fourth-order valence-corrected chi connectivity index (χ4v) is 5.96. The number of nitrogens with one attached hydrogen (secondary N) is 1. The van der Waals surface area contributed by atoms with Crippen LogP contribution in [0.1, 0.15) is 67.1 Å². The van der Waals surface area contributed by atoms with Gasteiger partial charge in [-0.3, -0.25) is 4.79 Å². The molecule has 0 aromatic heterocycles. The van der Waals surface area contributed by atoms with Crippen molar-refractivity contribution in [3.05, 3.63) is 89.5 Å². The maximum atomic E-state index is 13.2. The lowest BCUT2D eigenvalue weighted by Crippen LogP contribution is -2.53. The number of hydrogen-bond acceptors (Lipinski definition) is 6. The molecule has 4 rings (SSSR count). The molecule has 7 nitrogen and oxygen atoms in total. The number of fused-ring (bicyclic) bond motifs is 1. The Labute approximate surface area is 237 Å². The number of benzene rings is 3. The van der Waals surface area contributed by atoms with Gasteiger partial charge in [0.05, 0.1) is 10.9 Å². The smallest absolute Gasteiger partial charge is 0.485 e. The van der Waals surface area contributed by atoms with Crippen LogP contribution >= 0.6 is 0 Å². The van der Waals surface area contributed by atoms with Crippen LogP contribution in [0.15, 0.2) is 77.7 Å². The van der Waals surface area contributed by atoms with E-state index in [1.807, 2.05) is 18.2 Å². The van der Waals surface area contributed by atoms with Crippen molar-refractivity contribution < 1.29 is 41.0 Å². The summed E-state index contributed by atoms with van der Waals surface area (Å²) in [7, 11) is -4.31. The minimum Gasteiger partial charge on any atom is -0.485 e. The second kappa shape index (κ2) is 12.2. The topological polar surface area (TPSA) is 102 Å². The van der Waals surface area contributed by atoms with E-state index in [0.717, 1.165) is 43.5 Å². The molecule has 1 aliphatic rings. The molecule has 11 heteroatoms. The highest BCUT2D eigenvalue weighted by Crippen LogP contribution is 2.41. The largest absolute Gasteiger partial charge is 0.573 e. The van der Waals surface area contributed by atoms with E-state index in [-0.39, 0.29) is 16.2 Å². The Morgan fingerprint density at radius 2 is 1.68 bits per heavy atom. The summed E-state index contributed by atoms with van der Waals surface area (Å²) in [5, 5.41) is 11.1. The molecule has 2 N–H and O–H groups in total. The number of ketones is 1. The molecule has 1 heterocycles. The van der Waals surface area contributed by atoms with Gasteiger partial charge in [-0.15, -0.1) is 13.2 Å². The molecule has 1 aliphatic heterocycles. The molecule has 41 heavy (non-hydrogen) atoms. The Morgan fingerprint density at radius 1 is 1.00 bits per heavy atom. The second-order valence-corrected chi connectivity index (χ2v) is 12.2. The maximum absolute atomic E-state index is 13.2. The molecule has 0 unspecified atom stereocenters. The van der Waals surface area contributed by atoms with Crippen LogP contribution in [-0.4, -0.2) is 37.4 Å². The van der Waals surface area contributed by atoms with Gasteiger partial charge in [0.2, 0.25) is 10.0 Å². The monoisotopic (exact) mass is 591 g/mol. The molecule has 0 aliphatic carbocycles. The summed E-state index contributed by atoms with van der Waals surface area (Å²) < 4.78 is 76.0. The van der Waals surface area contributed by atoms with Crippen LogP contribution in [0.3, 0.4) is 0 Å². The zero-order valence-electron chi connectivity index (χ0n) is 22.6. The molecular weight excluding hydrogens is 559 g/mol. The highest BCUT2D eigenvalue weighted by atomic mass is 32.2. The van der Waals surface area contributed by atoms with Gasteiger partial charge >= 0.3 is 6.36 Å². The molecule has 0 saturated heterocycles. The molecule has 3 aromatic rings. The van der Waals surface area contributed by atoms with Gasteiger partial charge < -0.3 is 14.6 Å². The lowest BCUT2D eigenvalue weighted by atomic mass is 9.86. The summed E-state index contributed by atoms with van der Waals surface area (Å²) in [5.41, 5.74) is 0.705. The Kier molecular flexibility index (Phi) is 9.10. The molecule has 220 valence electrons. The van der Waals surface area contributed by atoms with Gasteiger partial charge in [-0.2, -0.15) is 0 Å². The highest BCUT2D eigenvalue weighted by molar-refractivity contribution is 7.89. The number of alkyl halides is 3. The Hall–Kier alpha value is -3.41. The van der Waals surface area contributed by atoms with Crippen molar-refractivity contribution in [2.45, 2.75) is 75.0 Å². The molecule has 0 spiro atoms. The molecule has 3 aromatic carbocycles. The number of rotatable bonds is 11. The van der Waals surface area contributed by atoms with Crippen LogP contribution in [0.2, 0.25) is 0 Å². The maximum Gasteiger partial charge on any atom is 0.573 e. The SMILES string of the molecule is CC1(C)Oc2ccc(C(=O)CCCCCc3ccccc3)cc2[C@@H](NS(=O)(=O)c2ccc(OC(F)(F)F)cc2)[C@@H]1O. The predicted molar refractivity (Wildman–Crippen MR) is 146 cm³/mol. The number of aryl methyl sites for hydroxylation is 1. The van der Waals surface area contributed by atoms with Crippen molar-refractivity contribution >= 4 is 15.8 Å². The lowest BCUT2D eigenvalue weighted by molar-refractivity contribution is -0.274. The fraction of sp³-hybridized carbons (Fsp3) is 0.367. The van der Waals surface area contributed by atoms with Gasteiger partial charge in [0.25, 0.3) is 0 Å². The number of unbranched alkanes of at least 4 members (excludes halogenated alkanes) is 2. The van der Waals surface area contributed by atoms with E-state index in [1.165, 1.54) is 11.6 Å². The van der Waals surface area contributed by atoms with Gasteiger partial charge in [-0.1, -0.05) is 36.8 Å². The average molecular weight is 592 g/mol. The van der Waals surface area contributed by atoms with Crippen molar-refractivity contribution in [2.75, 3.05) is 0 Å². The van der Waals surface area contributed by atoms with E-state index in [0.29, 0.717) is 24.2 Å². The lowest BCUT2D eigenvalue weighted by Gasteiger charge is -2.42. The number of halogens is 3. The quantitative estimate of drug-likeness (QED) is 0.206. The average Bonchev–Trinajstić information content (AvgIpc) is 2.90. The van der Waals surface area contributed by atoms with E-state index >= 15 is 0 Å². The standard InChI is InChI=1S/C30H32F3NO6S/c1-29(2)28(36)27(34-41(37,38)23-16-14-22(15-17-23)39-30(31,32)33)24-19-21(13-18-26(24)40-29)25(35)12-8-4-7-11-20-9-5-3-6-10-20/h3,5-6,9-10,13-19,27-28,34,36H,4,7-8,11-12H2,1-2H3/t27-,28+/m1/s1. The number of hydrogen-bond donors (Lipinski definition) is 2. The molecule has 0 saturated carbocycles. The zero-order valence-corrected chi connectivity index (χ0v) is 23.5. The normalized spacial score (nSPS) is 18.3. The summed E-state index contributed by atoms with van der Waals surface area (Å²) in [4.78, 5) is 12.7. The fourth-order valence-electron chi connectivity index (χ4n) is 4.74. The number of aliphatic hydroxyl groups excluding tert-OH is 1. The van der Waals surface area contributed by atoms with Crippen LogP contribution in [0, 0.1) is 0 Å². The van der Waals surface area contributed by atoms with Gasteiger partial charge in [0, 0.05) is 17.5 Å². The molecule has 0 radical (unpaired) electrons. The molecule has 0 fully saturated rings. The second-order valence-electron chi connectivity index (χ2n) is 10.5. The van der Waals surface area contributed by atoms with Gasteiger partial charge in [-0.05, 0) is 81.1 Å². The summed E-state index contributed by atoms with van der Waals surface area (Å²) in [6.07, 6.45) is -2.51. The number of aliphatic hydroxyl groups is 1. The van der Waals surface area contributed by atoms with E-state index in [4.69, 9.17) is 4.74 Å². The van der Waals surface area contributed by atoms with Crippen molar-refractivity contribution in [2.24, 2.45) is 0 Å². The number of ether oxygens (including phenoxy) is 2. The predicted octanol–water partition coefficient (Wildman–Crippen LogP) is 6.12. The Morgan fingerprint density at radius 3 is 2.34 bits per heavy atom. The Balaban J connectivity index is 1.48. The zero-order chi connectivity index (χ0) is 29.8. The summed E-state index contributed by atoms with van der Waals surface area (Å²) in [6.45, 7) is 3.19. The first kappa shape index (κ1) is 30.5. The molecular formula is C30H32F3NO6S. The first-order valence-electron chi connectivity index (χ1n) is 13.2. The van der Waals surface area contributed by atoms with Crippen LogP contribution < -0.4 is 14.2 Å². The number of Topliss-reactive ketones (excluding diaryl/α,β-unsaturated/α-hetero) is 1. The van der Waals surface area contributed by atoms with E-state index in [9.17, 15) is 31.5 Å². The molecule has 0 bridgehead atoms. The molecule has 0 amide bonds. The number of carbonyl (C=O) groups is 1. The summed E-state index contributed by atoms with van der Waals surface area (Å²) in [6, 6.07) is 17.3. The Bertz CT molecular complexity index is 1460. The third-order valence-electron chi connectivity index (χ3n) is 6.93. The van der Waals surface area contributed by atoms with Crippen LogP contribution in [0.5, 0.6) is 11.5 Å².